The van der Waals surface area contributed by atoms with Crippen LogP contribution in [0.1, 0.15) is 13.8 Å². The van der Waals surface area contributed by atoms with E-state index in [9.17, 15) is 5.11 Å². The minimum Gasteiger partial charge on any atom is -0.386 e. The second kappa shape index (κ2) is 1.82. The Labute approximate surface area is 55.1 Å². The van der Waals surface area contributed by atoms with Gasteiger partial charge in [0.25, 0.3) is 0 Å². The Morgan fingerprint density at radius 1 is 1.89 bits per heavy atom. The van der Waals surface area contributed by atoms with E-state index in [1.165, 1.54) is 6.08 Å². The number of aliphatic hydroxyl groups excluding tert-OH is 1. The molecule has 0 unspecified atom stereocenters. The van der Waals surface area contributed by atoms with Crippen molar-refractivity contribution >= 4 is 0 Å². The van der Waals surface area contributed by atoms with Crippen molar-refractivity contribution in [3.05, 3.63) is 12.7 Å². The average molecular weight is 128 g/mol. The molecule has 2 nitrogen and oxygen atoms in total. The Kier molecular flexibility index (Phi) is 1.37. The smallest absolute Gasteiger partial charge is 0.121 e. The van der Waals surface area contributed by atoms with E-state index in [2.05, 4.69) is 6.58 Å². The molecule has 0 amide bonds. The topological polar surface area (TPSA) is 32.8 Å². The van der Waals surface area contributed by atoms with Crippen LogP contribution in [0.2, 0.25) is 0 Å². The molecule has 9 heavy (non-hydrogen) atoms. The minimum absolute atomic E-state index is 0.172. The van der Waals surface area contributed by atoms with Gasteiger partial charge >= 0.3 is 0 Å². The van der Waals surface area contributed by atoms with Gasteiger partial charge in [0.15, 0.2) is 0 Å². The molecule has 0 saturated carbocycles. The van der Waals surface area contributed by atoms with Crippen LogP contribution in [0.15, 0.2) is 12.7 Å². The van der Waals surface area contributed by atoms with Gasteiger partial charge in [0, 0.05) is 0 Å². The van der Waals surface area contributed by atoms with E-state index in [4.69, 9.17) is 4.74 Å². The average Bonchev–Trinajstić information content (AvgIpc) is 2.41. The van der Waals surface area contributed by atoms with E-state index in [1.54, 1.807) is 0 Å². The summed E-state index contributed by atoms with van der Waals surface area (Å²) in [6, 6.07) is 0. The van der Waals surface area contributed by atoms with Crippen LogP contribution in [-0.2, 0) is 4.74 Å². The molecule has 0 bridgehead atoms. The summed E-state index contributed by atoms with van der Waals surface area (Å²) < 4.78 is 5.14. The highest BCUT2D eigenvalue weighted by Gasteiger charge is 2.53. The number of aliphatic hydroxyl groups is 1. The van der Waals surface area contributed by atoms with Gasteiger partial charge in [-0.05, 0) is 13.8 Å². The zero-order chi connectivity index (χ0) is 7.07. The van der Waals surface area contributed by atoms with Gasteiger partial charge in [0.05, 0.1) is 6.10 Å². The van der Waals surface area contributed by atoms with Gasteiger partial charge in [-0.3, -0.25) is 0 Å². The van der Waals surface area contributed by atoms with Crippen LogP contribution in [0.5, 0.6) is 0 Å². The molecular formula is C7H12O2. The minimum atomic E-state index is -0.521. The molecule has 0 aromatic rings. The predicted molar refractivity (Wildman–Crippen MR) is 35.2 cm³/mol. The van der Waals surface area contributed by atoms with Crippen LogP contribution >= 0.6 is 0 Å². The molecule has 1 rings (SSSR count). The first-order chi connectivity index (χ1) is 4.11. The first kappa shape index (κ1) is 6.78. The van der Waals surface area contributed by atoms with E-state index in [-0.39, 0.29) is 11.7 Å². The number of epoxide rings is 1. The van der Waals surface area contributed by atoms with Gasteiger partial charge in [0.1, 0.15) is 11.7 Å². The molecule has 1 N–H and O–H groups in total. The van der Waals surface area contributed by atoms with Gasteiger partial charge in [-0.1, -0.05) is 6.08 Å². The lowest BCUT2D eigenvalue weighted by atomic mass is 10.0. The SMILES string of the molecule is C=C[C@H](O)[C@@]1(C)O[C@H]1C. The number of rotatable bonds is 2. The molecular weight excluding hydrogens is 116 g/mol. The predicted octanol–water partition coefficient (Wildman–Crippen LogP) is 0.711. The third-order valence-electron chi connectivity index (χ3n) is 1.99. The van der Waals surface area contributed by atoms with Crippen molar-refractivity contribution in [3.63, 3.8) is 0 Å². The normalized spacial score (nSPS) is 44.1. The lowest BCUT2D eigenvalue weighted by molar-refractivity contribution is 0.124. The fourth-order valence-corrected chi connectivity index (χ4v) is 0.891. The molecule has 0 spiro atoms. The van der Waals surface area contributed by atoms with Crippen LogP contribution in [-0.4, -0.2) is 22.9 Å². The highest BCUT2D eigenvalue weighted by atomic mass is 16.6. The summed E-state index contributed by atoms with van der Waals surface area (Å²) in [5.74, 6) is 0. The summed E-state index contributed by atoms with van der Waals surface area (Å²) in [5.41, 5.74) is -0.345. The highest BCUT2D eigenvalue weighted by molar-refractivity contribution is 5.07. The Balaban J connectivity index is 2.52. The van der Waals surface area contributed by atoms with Gasteiger partial charge < -0.3 is 9.84 Å². The Hall–Kier alpha value is -0.340. The third kappa shape index (κ3) is 0.884. The zero-order valence-electron chi connectivity index (χ0n) is 5.79. The maximum atomic E-state index is 9.18. The standard InChI is InChI=1S/C7H12O2/c1-4-6(8)7(3)5(2)9-7/h4-6,8H,1H2,2-3H3/t5-,6-,7-/m0/s1. The van der Waals surface area contributed by atoms with Crippen molar-refractivity contribution in [3.8, 4) is 0 Å². The summed E-state index contributed by atoms with van der Waals surface area (Å²) in [6.45, 7) is 7.29. The van der Waals surface area contributed by atoms with E-state index in [1.807, 2.05) is 13.8 Å². The maximum Gasteiger partial charge on any atom is 0.121 e. The van der Waals surface area contributed by atoms with Crippen LogP contribution < -0.4 is 0 Å². The second-order valence-electron chi connectivity index (χ2n) is 2.62. The molecule has 1 fully saturated rings. The Morgan fingerprint density at radius 2 is 2.33 bits per heavy atom. The molecule has 1 saturated heterocycles. The molecule has 1 aliphatic rings. The first-order valence-electron chi connectivity index (χ1n) is 3.09. The monoisotopic (exact) mass is 128 g/mol. The van der Waals surface area contributed by atoms with E-state index >= 15 is 0 Å². The van der Waals surface area contributed by atoms with Crippen molar-refractivity contribution in [2.24, 2.45) is 0 Å². The van der Waals surface area contributed by atoms with Gasteiger partial charge in [-0.2, -0.15) is 0 Å². The van der Waals surface area contributed by atoms with Crippen molar-refractivity contribution < 1.29 is 9.84 Å². The van der Waals surface area contributed by atoms with Crippen molar-refractivity contribution in [1.29, 1.82) is 0 Å². The summed E-state index contributed by atoms with van der Waals surface area (Å²) in [6.07, 6.45) is 1.15. The molecule has 2 heteroatoms. The van der Waals surface area contributed by atoms with Crippen LogP contribution in [0.3, 0.4) is 0 Å². The van der Waals surface area contributed by atoms with Crippen molar-refractivity contribution in [2.45, 2.75) is 31.7 Å². The number of hydrogen-bond donors (Lipinski definition) is 1. The summed E-state index contributed by atoms with van der Waals surface area (Å²) in [4.78, 5) is 0. The first-order valence-corrected chi connectivity index (χ1v) is 3.09. The summed E-state index contributed by atoms with van der Waals surface area (Å²) >= 11 is 0. The molecule has 0 radical (unpaired) electrons. The van der Waals surface area contributed by atoms with Crippen LogP contribution in [0.4, 0.5) is 0 Å². The van der Waals surface area contributed by atoms with Crippen LogP contribution in [0, 0.1) is 0 Å². The molecule has 1 aliphatic heterocycles. The molecule has 1 heterocycles. The number of ether oxygens (including phenoxy) is 1. The largest absolute Gasteiger partial charge is 0.386 e. The fraction of sp³-hybridized carbons (Fsp3) is 0.714. The molecule has 3 atom stereocenters. The molecule has 0 aliphatic carbocycles. The number of hydrogen-bond acceptors (Lipinski definition) is 2. The quantitative estimate of drug-likeness (QED) is 0.439. The van der Waals surface area contributed by atoms with Gasteiger partial charge in [-0.25, -0.2) is 0 Å². The summed E-state index contributed by atoms with van der Waals surface area (Å²) in [5, 5.41) is 9.18. The Morgan fingerprint density at radius 3 is 2.44 bits per heavy atom. The van der Waals surface area contributed by atoms with Crippen molar-refractivity contribution in [1.82, 2.24) is 0 Å². The second-order valence-corrected chi connectivity index (χ2v) is 2.62. The lowest BCUT2D eigenvalue weighted by Gasteiger charge is -2.08. The fourth-order valence-electron chi connectivity index (χ4n) is 0.891. The highest BCUT2D eigenvalue weighted by Crippen LogP contribution is 2.38. The maximum absolute atomic E-state index is 9.18. The van der Waals surface area contributed by atoms with Crippen LogP contribution in [0.25, 0.3) is 0 Å². The van der Waals surface area contributed by atoms with Gasteiger partial charge in [0.2, 0.25) is 0 Å². The third-order valence-corrected chi connectivity index (χ3v) is 1.99. The molecule has 0 aromatic heterocycles. The summed E-state index contributed by atoms with van der Waals surface area (Å²) in [7, 11) is 0. The van der Waals surface area contributed by atoms with Gasteiger partial charge in [-0.15, -0.1) is 6.58 Å². The van der Waals surface area contributed by atoms with Crippen molar-refractivity contribution in [2.75, 3.05) is 0 Å². The van der Waals surface area contributed by atoms with E-state index < -0.39 is 6.10 Å². The van der Waals surface area contributed by atoms with E-state index in [0.29, 0.717) is 0 Å². The van der Waals surface area contributed by atoms with E-state index in [0.717, 1.165) is 0 Å². The lowest BCUT2D eigenvalue weighted by Crippen LogP contribution is -2.25. The zero-order valence-corrected chi connectivity index (χ0v) is 5.79. The molecule has 0 aromatic carbocycles. The molecule has 52 valence electrons. The Bertz CT molecular complexity index is 133.